The van der Waals surface area contributed by atoms with Gasteiger partial charge in [-0.1, -0.05) is 139 Å². The number of phosphoric ester groups is 1. The molecule has 4 nitrogen and oxygen atoms in total. The molecular weight excluding hydrogens is 1010 g/mol. The molecule has 0 N–H and O–H groups in total. The van der Waals surface area contributed by atoms with Crippen molar-refractivity contribution in [1.82, 2.24) is 0 Å². The number of hydrogen-bond donors (Lipinski definition) is 0. The zero-order valence-corrected chi connectivity index (χ0v) is 34.4. The number of rotatable bonds is 9. The maximum Gasteiger partial charge on any atom is 0.647 e. The Kier molecular flexibility index (Phi) is 11.2. The minimum absolute atomic E-state index is 0.267. The quantitative estimate of drug-likeness (QED) is 0.135. The highest BCUT2D eigenvalue weighted by Gasteiger charge is 2.37. The molecule has 236 valence electrons. The molecule has 11 heteroatoms. The molecular formula is C36H21Br6O4P. The van der Waals surface area contributed by atoms with Gasteiger partial charge in [-0.25, -0.2) is 0 Å². The van der Waals surface area contributed by atoms with Gasteiger partial charge in [0, 0.05) is 30.1 Å². The van der Waals surface area contributed by atoms with Crippen molar-refractivity contribution >= 4 is 103 Å². The molecule has 0 aliphatic carbocycles. The van der Waals surface area contributed by atoms with Gasteiger partial charge in [0.2, 0.25) is 0 Å². The van der Waals surface area contributed by atoms with Gasteiger partial charge in [-0.05, 0) is 101 Å². The molecule has 0 saturated heterocycles. The Balaban J connectivity index is 1.47. The van der Waals surface area contributed by atoms with Gasteiger partial charge in [0.15, 0.2) is 0 Å². The van der Waals surface area contributed by atoms with Gasteiger partial charge < -0.3 is 13.6 Å². The summed E-state index contributed by atoms with van der Waals surface area (Å²) < 4.78 is 38.1. The first-order valence-corrected chi connectivity index (χ1v) is 20.2. The molecule has 0 heterocycles. The van der Waals surface area contributed by atoms with E-state index in [4.69, 9.17) is 13.6 Å². The summed E-state index contributed by atoms with van der Waals surface area (Å²) in [5.41, 5.74) is 5.25. The fourth-order valence-corrected chi connectivity index (χ4v) is 10.9. The first kappa shape index (κ1) is 34.7. The van der Waals surface area contributed by atoms with Gasteiger partial charge in [0.1, 0.15) is 17.2 Å². The summed E-state index contributed by atoms with van der Waals surface area (Å²) in [4.78, 5) is 0. The van der Waals surface area contributed by atoms with E-state index >= 15 is 4.57 Å². The van der Waals surface area contributed by atoms with E-state index in [1.165, 1.54) is 0 Å². The van der Waals surface area contributed by atoms with E-state index in [0.717, 1.165) is 46.8 Å². The van der Waals surface area contributed by atoms with Gasteiger partial charge in [-0.2, -0.15) is 4.57 Å². The molecule has 0 bridgehead atoms. The van der Waals surface area contributed by atoms with E-state index in [0.29, 0.717) is 13.4 Å². The van der Waals surface area contributed by atoms with Crippen LogP contribution in [-0.2, 0) is 4.57 Å². The van der Waals surface area contributed by atoms with Crippen LogP contribution in [0.25, 0.3) is 33.4 Å². The molecule has 0 amide bonds. The molecule has 0 saturated carbocycles. The van der Waals surface area contributed by atoms with Gasteiger partial charge in [0.25, 0.3) is 0 Å². The van der Waals surface area contributed by atoms with E-state index < -0.39 is 7.82 Å². The van der Waals surface area contributed by atoms with E-state index in [1.807, 2.05) is 109 Å². The summed E-state index contributed by atoms with van der Waals surface area (Å²) >= 11 is 22.1. The molecule has 0 aliphatic heterocycles. The maximum absolute atomic E-state index is 15.0. The van der Waals surface area contributed by atoms with Crippen LogP contribution in [0.5, 0.6) is 17.2 Å². The summed E-state index contributed by atoms with van der Waals surface area (Å²) in [7, 11) is -4.48. The predicted molar refractivity (Wildman–Crippen MR) is 211 cm³/mol. The molecule has 0 radical (unpaired) electrons. The Morgan fingerprint density at radius 3 is 0.872 bits per heavy atom. The molecule has 6 aromatic rings. The fraction of sp³-hybridized carbons (Fsp3) is 0. The molecule has 0 aliphatic rings. The maximum atomic E-state index is 15.0. The number of benzene rings is 6. The van der Waals surface area contributed by atoms with Crippen LogP contribution >= 0.6 is 103 Å². The van der Waals surface area contributed by atoms with Crippen LogP contribution in [0.1, 0.15) is 0 Å². The highest BCUT2D eigenvalue weighted by atomic mass is 79.9. The first-order chi connectivity index (χ1) is 22.6. The Bertz CT molecular complexity index is 1870. The van der Waals surface area contributed by atoms with Crippen molar-refractivity contribution < 1.29 is 18.1 Å². The van der Waals surface area contributed by atoms with Gasteiger partial charge >= 0.3 is 7.82 Å². The molecule has 0 spiro atoms. The van der Waals surface area contributed by atoms with E-state index in [9.17, 15) is 0 Å². The Labute approximate surface area is 323 Å². The summed E-state index contributed by atoms with van der Waals surface area (Å²) in [5, 5.41) is 0. The molecule has 0 unspecified atom stereocenters. The second-order valence-corrected chi connectivity index (χ2v) is 16.4. The highest BCUT2D eigenvalue weighted by molar-refractivity contribution is 9.12. The second-order valence-electron chi connectivity index (χ2n) is 10.0. The van der Waals surface area contributed by atoms with Crippen LogP contribution in [-0.4, -0.2) is 0 Å². The lowest BCUT2D eigenvalue weighted by Crippen LogP contribution is -2.09. The number of hydrogen-bond acceptors (Lipinski definition) is 4. The Morgan fingerprint density at radius 2 is 0.617 bits per heavy atom. The van der Waals surface area contributed by atoms with Crippen LogP contribution < -0.4 is 13.6 Å². The van der Waals surface area contributed by atoms with Crippen LogP contribution in [0.15, 0.2) is 154 Å². The lowest BCUT2D eigenvalue weighted by Gasteiger charge is -2.23. The average molecular weight is 1030 g/mol. The average Bonchev–Trinajstić information content (AvgIpc) is 3.07. The van der Waals surface area contributed by atoms with Crippen molar-refractivity contribution in [2.45, 2.75) is 0 Å². The third-order valence-corrected chi connectivity index (χ3v) is 12.6. The standard InChI is InChI=1S/C36H21Br6O4P/c37-25-16-19-28(34(40)31(25)22-10-4-1-5-11-22)44-47(43,45-29-20-17-26(38)32(35(29)41)23-12-6-2-7-13-23)46-30-21-18-27(39)33(36(30)42)24-14-8-3-9-15-24/h1-21H. The highest BCUT2D eigenvalue weighted by Crippen LogP contribution is 2.57. The SMILES string of the molecule is O=P(Oc1ccc(Br)c(-c2ccccc2)c1Br)(Oc1ccc(Br)c(-c2ccccc2)c1Br)Oc1ccc(Br)c(-c2ccccc2)c1Br. The molecule has 6 aromatic carbocycles. The zero-order valence-electron chi connectivity index (χ0n) is 24.0. The van der Waals surface area contributed by atoms with Crippen LogP contribution in [0.2, 0.25) is 0 Å². The summed E-state index contributed by atoms with van der Waals surface area (Å²) in [5.74, 6) is 0.801. The van der Waals surface area contributed by atoms with E-state index in [2.05, 4.69) is 95.6 Å². The second kappa shape index (κ2) is 15.2. The van der Waals surface area contributed by atoms with Crippen LogP contribution in [0.3, 0.4) is 0 Å². The molecule has 6 rings (SSSR count). The van der Waals surface area contributed by atoms with Crippen molar-refractivity contribution in [3.63, 3.8) is 0 Å². The number of phosphoric acid groups is 1. The van der Waals surface area contributed by atoms with Gasteiger partial charge in [-0.3, -0.25) is 0 Å². The van der Waals surface area contributed by atoms with Crippen molar-refractivity contribution in [1.29, 1.82) is 0 Å². The lowest BCUT2D eigenvalue weighted by molar-refractivity contribution is 0.297. The minimum atomic E-state index is -4.48. The minimum Gasteiger partial charge on any atom is -0.385 e. The monoisotopic (exact) mass is 1020 g/mol. The predicted octanol–water partition coefficient (Wildman–Crippen LogP) is 14.9. The Morgan fingerprint density at radius 1 is 0.362 bits per heavy atom. The smallest absolute Gasteiger partial charge is 0.385 e. The lowest BCUT2D eigenvalue weighted by atomic mass is 10.1. The number of halogens is 6. The first-order valence-electron chi connectivity index (χ1n) is 13.9. The molecule has 0 atom stereocenters. The van der Waals surface area contributed by atoms with Crippen molar-refractivity contribution in [2.24, 2.45) is 0 Å². The van der Waals surface area contributed by atoms with Crippen LogP contribution in [0.4, 0.5) is 0 Å². The van der Waals surface area contributed by atoms with Crippen molar-refractivity contribution in [3.05, 3.63) is 154 Å². The van der Waals surface area contributed by atoms with Crippen molar-refractivity contribution in [3.8, 4) is 50.6 Å². The molecule has 47 heavy (non-hydrogen) atoms. The fourth-order valence-electron chi connectivity index (χ4n) is 4.84. The molecule has 0 aromatic heterocycles. The van der Waals surface area contributed by atoms with Gasteiger partial charge in [0.05, 0.1) is 13.4 Å². The van der Waals surface area contributed by atoms with Crippen molar-refractivity contribution in [2.75, 3.05) is 0 Å². The summed E-state index contributed by atoms with van der Waals surface area (Å²) in [6, 6.07) is 40.0. The van der Waals surface area contributed by atoms with E-state index in [1.54, 1.807) is 18.2 Å². The van der Waals surface area contributed by atoms with Gasteiger partial charge in [-0.15, -0.1) is 0 Å². The van der Waals surface area contributed by atoms with Crippen LogP contribution in [0, 0.1) is 0 Å². The summed E-state index contributed by atoms with van der Waals surface area (Å²) in [6.07, 6.45) is 0. The molecule has 0 fully saturated rings. The summed E-state index contributed by atoms with van der Waals surface area (Å²) in [6.45, 7) is 0. The van der Waals surface area contributed by atoms with E-state index in [-0.39, 0.29) is 17.2 Å². The third-order valence-electron chi connectivity index (χ3n) is 6.98. The normalized spacial score (nSPS) is 11.3. The largest absolute Gasteiger partial charge is 0.647 e. The topological polar surface area (TPSA) is 44.8 Å². The Hall–Kier alpha value is -2.17. The third kappa shape index (κ3) is 7.70. The zero-order chi connectivity index (χ0) is 33.1.